The zero-order valence-corrected chi connectivity index (χ0v) is 12.9. The van der Waals surface area contributed by atoms with Crippen molar-refractivity contribution in [1.82, 2.24) is 10.6 Å². The highest BCUT2D eigenvalue weighted by Crippen LogP contribution is 1.98. The van der Waals surface area contributed by atoms with E-state index in [1.165, 1.54) is 0 Å². The minimum absolute atomic E-state index is 0.0522. The predicted molar refractivity (Wildman–Crippen MR) is 78.1 cm³/mol. The fourth-order valence-electron chi connectivity index (χ4n) is 1.50. The van der Waals surface area contributed by atoms with Crippen LogP contribution >= 0.6 is 0 Å². The van der Waals surface area contributed by atoms with Gasteiger partial charge < -0.3 is 10.6 Å². The molecule has 0 saturated heterocycles. The van der Waals surface area contributed by atoms with Gasteiger partial charge in [0.1, 0.15) is 0 Å². The summed E-state index contributed by atoms with van der Waals surface area (Å²) in [6, 6.07) is -0.177. The van der Waals surface area contributed by atoms with E-state index in [1.54, 1.807) is 6.26 Å². The first-order valence-corrected chi connectivity index (χ1v) is 8.44. The molecular weight excluding hydrogens is 248 g/mol. The van der Waals surface area contributed by atoms with E-state index in [2.05, 4.69) is 17.6 Å². The Hall–Kier alpha value is -0.420. The van der Waals surface area contributed by atoms with Crippen molar-refractivity contribution in [2.75, 3.05) is 19.3 Å². The van der Waals surface area contributed by atoms with Crippen molar-refractivity contribution in [1.29, 1.82) is 0 Å². The topological polar surface area (TPSA) is 58.2 Å². The van der Waals surface area contributed by atoms with E-state index in [1.807, 2.05) is 13.8 Å². The lowest BCUT2D eigenvalue weighted by Gasteiger charge is -2.15. The molecule has 0 aliphatic heterocycles. The Morgan fingerprint density at radius 1 is 1.22 bits per heavy atom. The summed E-state index contributed by atoms with van der Waals surface area (Å²) in [5, 5.41) is 6.26. The van der Waals surface area contributed by atoms with Crippen molar-refractivity contribution < 1.29 is 9.00 Å². The lowest BCUT2D eigenvalue weighted by atomic mass is 10.2. The lowest BCUT2D eigenvalue weighted by Crippen LogP contribution is -2.43. The molecule has 0 heterocycles. The smallest absolute Gasteiger partial charge is 0.236 e. The Kier molecular flexibility index (Phi) is 10.3. The van der Waals surface area contributed by atoms with Crippen molar-refractivity contribution in [3.63, 3.8) is 0 Å². The van der Waals surface area contributed by atoms with E-state index in [4.69, 9.17) is 0 Å². The lowest BCUT2D eigenvalue weighted by molar-refractivity contribution is -0.122. The first-order valence-electron chi connectivity index (χ1n) is 6.82. The predicted octanol–water partition coefficient (Wildman–Crippen LogP) is 1.43. The second-order valence-electron chi connectivity index (χ2n) is 4.77. The van der Waals surface area contributed by atoms with E-state index >= 15 is 0 Å². The van der Waals surface area contributed by atoms with E-state index in [0.717, 1.165) is 38.8 Å². The third kappa shape index (κ3) is 8.64. The average molecular weight is 276 g/mol. The highest BCUT2D eigenvalue weighted by molar-refractivity contribution is 7.84. The molecule has 0 spiro atoms. The number of nitrogens with one attached hydrogen (secondary N) is 2. The summed E-state index contributed by atoms with van der Waals surface area (Å²) >= 11 is 0. The second-order valence-corrected chi connectivity index (χ2v) is 6.57. The first kappa shape index (κ1) is 17.6. The molecule has 0 aromatic rings. The average Bonchev–Trinajstić information content (AvgIpc) is 2.33. The number of carbonyl (C=O) groups excluding carboxylic acids is 1. The van der Waals surface area contributed by atoms with Crippen LogP contribution in [0.2, 0.25) is 0 Å². The molecule has 0 radical (unpaired) electrons. The summed E-state index contributed by atoms with van der Waals surface area (Å²) in [6.45, 7) is 7.46. The van der Waals surface area contributed by atoms with Crippen molar-refractivity contribution in [2.24, 2.45) is 0 Å². The van der Waals surface area contributed by atoms with Crippen molar-refractivity contribution >= 4 is 16.7 Å². The molecule has 5 heteroatoms. The molecule has 0 aromatic carbocycles. The quantitative estimate of drug-likeness (QED) is 0.593. The zero-order valence-electron chi connectivity index (χ0n) is 12.1. The van der Waals surface area contributed by atoms with Crippen LogP contribution in [0.3, 0.4) is 0 Å². The van der Waals surface area contributed by atoms with Gasteiger partial charge in [-0.25, -0.2) is 0 Å². The highest BCUT2D eigenvalue weighted by Gasteiger charge is 2.12. The van der Waals surface area contributed by atoms with Crippen molar-refractivity contribution in [2.45, 2.75) is 57.7 Å². The molecule has 4 nitrogen and oxygen atoms in total. The van der Waals surface area contributed by atoms with Crippen LogP contribution in [-0.2, 0) is 15.6 Å². The Morgan fingerprint density at radius 3 is 2.44 bits per heavy atom. The van der Waals surface area contributed by atoms with Crippen LogP contribution in [0.15, 0.2) is 0 Å². The zero-order chi connectivity index (χ0) is 14.0. The Labute approximate surface area is 114 Å². The van der Waals surface area contributed by atoms with Gasteiger partial charge >= 0.3 is 0 Å². The third-order valence-electron chi connectivity index (χ3n) is 3.04. The van der Waals surface area contributed by atoms with Gasteiger partial charge in [0.25, 0.3) is 0 Å². The number of rotatable bonds is 10. The number of carbonyl (C=O) groups is 1. The van der Waals surface area contributed by atoms with Gasteiger partial charge in [0.05, 0.1) is 6.04 Å². The summed E-state index contributed by atoms with van der Waals surface area (Å²) in [6.07, 6.45) is 5.91. The second kappa shape index (κ2) is 10.5. The molecule has 1 amide bonds. The van der Waals surface area contributed by atoms with Gasteiger partial charge in [-0.1, -0.05) is 26.7 Å². The molecule has 0 bridgehead atoms. The number of hydrogen-bond acceptors (Lipinski definition) is 3. The van der Waals surface area contributed by atoms with E-state index < -0.39 is 10.8 Å². The number of unbranched alkanes of at least 4 members (excludes halogenated alkanes) is 2. The van der Waals surface area contributed by atoms with Crippen LogP contribution in [0.1, 0.15) is 46.5 Å². The van der Waals surface area contributed by atoms with Crippen LogP contribution < -0.4 is 10.6 Å². The Balaban J connectivity index is 3.64. The molecule has 2 N–H and O–H groups in total. The maximum Gasteiger partial charge on any atom is 0.236 e. The maximum absolute atomic E-state index is 11.7. The summed E-state index contributed by atoms with van der Waals surface area (Å²) in [7, 11) is -0.784. The summed E-state index contributed by atoms with van der Waals surface area (Å²) in [5.74, 6) is 0.0522. The fraction of sp³-hybridized carbons (Fsp3) is 0.923. The summed E-state index contributed by atoms with van der Waals surface area (Å²) in [4.78, 5) is 11.7. The van der Waals surface area contributed by atoms with Crippen LogP contribution in [0.5, 0.6) is 0 Å². The van der Waals surface area contributed by atoms with Gasteiger partial charge in [0.15, 0.2) is 0 Å². The van der Waals surface area contributed by atoms with Gasteiger partial charge in [-0.2, -0.15) is 0 Å². The molecule has 108 valence electrons. The molecule has 0 saturated carbocycles. The molecule has 0 rings (SSSR count). The third-order valence-corrected chi connectivity index (χ3v) is 4.41. The van der Waals surface area contributed by atoms with Crippen LogP contribution in [0.25, 0.3) is 0 Å². The van der Waals surface area contributed by atoms with E-state index in [0.29, 0.717) is 0 Å². The molecule has 0 aliphatic carbocycles. The van der Waals surface area contributed by atoms with Gasteiger partial charge in [-0.3, -0.25) is 9.00 Å². The standard InChI is InChI=1S/C13H28N2O2S/c1-5-6-7-9-15-13(16)12(3)14-10-8-11(2)18(4)17/h11-12,14H,5-10H2,1-4H3,(H,15,16). The molecule has 0 aliphatic rings. The minimum Gasteiger partial charge on any atom is -0.355 e. The Bertz CT molecular complexity index is 259. The van der Waals surface area contributed by atoms with E-state index in [9.17, 15) is 9.00 Å². The first-order chi connectivity index (χ1) is 8.49. The van der Waals surface area contributed by atoms with Gasteiger partial charge in [-0.05, 0) is 26.3 Å². The fourth-order valence-corrected chi connectivity index (χ4v) is 1.95. The molecular formula is C13H28N2O2S. The molecule has 3 atom stereocenters. The van der Waals surface area contributed by atoms with E-state index in [-0.39, 0.29) is 17.2 Å². The summed E-state index contributed by atoms with van der Waals surface area (Å²) < 4.78 is 11.2. The number of hydrogen-bond donors (Lipinski definition) is 2. The highest BCUT2D eigenvalue weighted by atomic mass is 32.2. The SMILES string of the molecule is CCCCCNC(=O)C(C)NCCC(C)S(C)=O. The summed E-state index contributed by atoms with van der Waals surface area (Å²) in [5.41, 5.74) is 0. The van der Waals surface area contributed by atoms with Gasteiger partial charge in [0.2, 0.25) is 5.91 Å². The van der Waals surface area contributed by atoms with Crippen LogP contribution in [-0.4, -0.2) is 40.8 Å². The van der Waals surface area contributed by atoms with Crippen LogP contribution in [0.4, 0.5) is 0 Å². The monoisotopic (exact) mass is 276 g/mol. The van der Waals surface area contributed by atoms with Gasteiger partial charge in [-0.15, -0.1) is 0 Å². The van der Waals surface area contributed by atoms with Crippen molar-refractivity contribution in [3.05, 3.63) is 0 Å². The molecule has 0 fully saturated rings. The van der Waals surface area contributed by atoms with Gasteiger partial charge in [0, 0.05) is 28.9 Å². The maximum atomic E-state index is 11.7. The largest absolute Gasteiger partial charge is 0.355 e. The Morgan fingerprint density at radius 2 is 1.89 bits per heavy atom. The number of amides is 1. The minimum atomic E-state index is -0.784. The molecule has 0 aromatic heterocycles. The molecule has 3 unspecified atom stereocenters. The normalized spacial score (nSPS) is 16.0. The molecule has 18 heavy (non-hydrogen) atoms. The van der Waals surface area contributed by atoms with Crippen LogP contribution in [0, 0.1) is 0 Å². The van der Waals surface area contributed by atoms with Crippen molar-refractivity contribution in [3.8, 4) is 0 Å².